The normalized spacial score (nSPS) is 11.3. The molecule has 0 fully saturated rings. The molecule has 0 aliphatic heterocycles. The lowest BCUT2D eigenvalue weighted by molar-refractivity contribution is 0.593. The number of hydrogen-bond donors (Lipinski definition) is 1. The van der Waals surface area contributed by atoms with E-state index in [9.17, 15) is 0 Å². The van der Waals surface area contributed by atoms with E-state index in [1.54, 1.807) is 17.1 Å². The van der Waals surface area contributed by atoms with Crippen LogP contribution in [0.5, 0.6) is 0 Å². The van der Waals surface area contributed by atoms with Crippen LogP contribution in [0.25, 0.3) is 11.0 Å². The summed E-state index contributed by atoms with van der Waals surface area (Å²) in [5.41, 5.74) is 8.26. The number of anilines is 1. The number of para-hydroxylation sites is 1. The predicted octanol–water partition coefficient (Wildman–Crippen LogP) is 2.93. The summed E-state index contributed by atoms with van der Waals surface area (Å²) in [6.45, 7) is 3.60. The number of halogens is 1. The maximum absolute atomic E-state index is 6.32. The van der Waals surface area contributed by atoms with E-state index in [1.807, 2.05) is 18.2 Å². The number of imidazole rings is 1. The molecular formula is C14H16ClN5. The second-order valence-electron chi connectivity index (χ2n) is 4.76. The van der Waals surface area contributed by atoms with E-state index in [1.165, 1.54) is 0 Å². The van der Waals surface area contributed by atoms with Gasteiger partial charge in [-0.2, -0.15) is 5.10 Å². The van der Waals surface area contributed by atoms with Crippen molar-refractivity contribution >= 4 is 28.3 Å². The smallest absolute Gasteiger partial charge is 0.131 e. The van der Waals surface area contributed by atoms with Gasteiger partial charge in [-0.3, -0.25) is 4.68 Å². The number of nitrogens with zero attached hydrogens (tertiary/aromatic N) is 4. The zero-order valence-corrected chi connectivity index (χ0v) is 12.0. The molecule has 104 valence electrons. The maximum atomic E-state index is 6.32. The van der Waals surface area contributed by atoms with Crippen molar-refractivity contribution in [2.45, 2.75) is 26.4 Å². The van der Waals surface area contributed by atoms with Crippen LogP contribution >= 0.6 is 11.6 Å². The van der Waals surface area contributed by atoms with E-state index in [0.29, 0.717) is 12.2 Å². The van der Waals surface area contributed by atoms with E-state index < -0.39 is 0 Å². The average molecular weight is 290 g/mol. The molecule has 0 unspecified atom stereocenters. The Hall–Kier alpha value is -2.01. The Morgan fingerprint density at radius 2 is 2.20 bits per heavy atom. The summed E-state index contributed by atoms with van der Waals surface area (Å²) in [6, 6.07) is 5.80. The summed E-state index contributed by atoms with van der Waals surface area (Å²) in [4.78, 5) is 4.67. The van der Waals surface area contributed by atoms with Crippen LogP contribution in [0.15, 0.2) is 30.6 Å². The van der Waals surface area contributed by atoms with Crippen LogP contribution in [0.2, 0.25) is 5.02 Å². The first kappa shape index (κ1) is 13.0. The van der Waals surface area contributed by atoms with Gasteiger partial charge in [-0.1, -0.05) is 24.6 Å². The molecule has 0 bridgehead atoms. The van der Waals surface area contributed by atoms with E-state index >= 15 is 0 Å². The first-order chi connectivity index (χ1) is 9.69. The van der Waals surface area contributed by atoms with Crippen LogP contribution in [-0.4, -0.2) is 19.3 Å². The van der Waals surface area contributed by atoms with Crippen LogP contribution in [-0.2, 0) is 13.1 Å². The van der Waals surface area contributed by atoms with Gasteiger partial charge in [-0.05, 0) is 18.6 Å². The van der Waals surface area contributed by atoms with E-state index in [-0.39, 0.29) is 0 Å². The molecule has 1 aromatic carbocycles. The summed E-state index contributed by atoms with van der Waals surface area (Å²) >= 11 is 6.32. The van der Waals surface area contributed by atoms with Crippen LogP contribution in [0.3, 0.4) is 0 Å². The van der Waals surface area contributed by atoms with Crippen LogP contribution in [0.1, 0.15) is 19.2 Å². The van der Waals surface area contributed by atoms with Crippen molar-refractivity contribution < 1.29 is 0 Å². The third-order valence-corrected chi connectivity index (χ3v) is 3.51. The quantitative estimate of drug-likeness (QED) is 0.803. The number of aromatic nitrogens is 4. The Labute approximate surface area is 122 Å². The van der Waals surface area contributed by atoms with Crippen molar-refractivity contribution in [1.82, 2.24) is 19.3 Å². The SMILES string of the molecule is CCCn1c(Cn2cc(N)cn2)nc2cccc(Cl)c21. The molecule has 3 rings (SSSR count). The number of hydrogen-bond acceptors (Lipinski definition) is 3. The Morgan fingerprint density at radius 3 is 2.90 bits per heavy atom. The standard InChI is InChI=1S/C14H16ClN5/c1-2-6-20-13(9-19-8-10(16)7-17-19)18-12-5-3-4-11(15)14(12)20/h3-5,7-8H,2,6,9,16H2,1H3. The van der Waals surface area contributed by atoms with Gasteiger partial charge in [0.2, 0.25) is 0 Å². The summed E-state index contributed by atoms with van der Waals surface area (Å²) in [7, 11) is 0. The van der Waals surface area contributed by atoms with Gasteiger partial charge in [0.25, 0.3) is 0 Å². The number of rotatable bonds is 4. The molecule has 5 nitrogen and oxygen atoms in total. The molecule has 2 heterocycles. The molecule has 0 amide bonds. The van der Waals surface area contributed by atoms with Crippen molar-refractivity contribution in [2.75, 3.05) is 5.73 Å². The molecule has 0 saturated heterocycles. The Morgan fingerprint density at radius 1 is 1.35 bits per heavy atom. The highest BCUT2D eigenvalue weighted by Gasteiger charge is 2.13. The topological polar surface area (TPSA) is 61.7 Å². The molecule has 0 atom stereocenters. The first-order valence-electron chi connectivity index (χ1n) is 6.60. The van der Waals surface area contributed by atoms with Crippen molar-refractivity contribution in [3.8, 4) is 0 Å². The van der Waals surface area contributed by atoms with Crippen molar-refractivity contribution in [2.24, 2.45) is 0 Å². The molecule has 2 aromatic heterocycles. The zero-order valence-electron chi connectivity index (χ0n) is 11.3. The number of nitrogen functional groups attached to an aromatic ring is 1. The van der Waals surface area contributed by atoms with Crippen molar-refractivity contribution in [3.63, 3.8) is 0 Å². The van der Waals surface area contributed by atoms with Gasteiger partial charge in [0.05, 0.1) is 34.5 Å². The maximum Gasteiger partial charge on any atom is 0.131 e. The predicted molar refractivity (Wildman–Crippen MR) is 80.8 cm³/mol. The Bertz CT molecular complexity index is 743. The minimum atomic E-state index is 0.586. The fraction of sp³-hybridized carbons (Fsp3) is 0.286. The highest BCUT2D eigenvalue weighted by Crippen LogP contribution is 2.25. The summed E-state index contributed by atoms with van der Waals surface area (Å²) < 4.78 is 3.95. The lowest BCUT2D eigenvalue weighted by Crippen LogP contribution is -2.09. The van der Waals surface area contributed by atoms with E-state index in [0.717, 1.165) is 34.8 Å². The molecule has 6 heteroatoms. The Balaban J connectivity index is 2.09. The molecule has 0 radical (unpaired) electrons. The van der Waals surface area contributed by atoms with E-state index in [2.05, 4.69) is 21.6 Å². The summed E-state index contributed by atoms with van der Waals surface area (Å²) in [5, 5.41) is 4.94. The molecule has 0 spiro atoms. The number of benzene rings is 1. The van der Waals surface area contributed by atoms with Crippen LogP contribution in [0.4, 0.5) is 5.69 Å². The number of nitrogens with two attached hydrogens (primary N) is 1. The monoisotopic (exact) mass is 289 g/mol. The molecule has 2 N–H and O–H groups in total. The minimum Gasteiger partial charge on any atom is -0.396 e. The molecule has 0 aliphatic rings. The van der Waals surface area contributed by atoms with Gasteiger partial charge in [-0.15, -0.1) is 0 Å². The van der Waals surface area contributed by atoms with Gasteiger partial charge in [0.1, 0.15) is 5.82 Å². The lowest BCUT2D eigenvalue weighted by Gasteiger charge is -2.08. The van der Waals surface area contributed by atoms with Gasteiger partial charge < -0.3 is 10.3 Å². The second kappa shape index (κ2) is 5.17. The van der Waals surface area contributed by atoms with Gasteiger partial charge in [-0.25, -0.2) is 4.98 Å². The van der Waals surface area contributed by atoms with Crippen molar-refractivity contribution in [1.29, 1.82) is 0 Å². The fourth-order valence-electron chi connectivity index (χ4n) is 2.39. The van der Waals surface area contributed by atoms with Crippen LogP contribution in [0, 0.1) is 0 Å². The minimum absolute atomic E-state index is 0.586. The molecular weight excluding hydrogens is 274 g/mol. The van der Waals surface area contributed by atoms with Crippen molar-refractivity contribution in [3.05, 3.63) is 41.4 Å². The third-order valence-electron chi connectivity index (χ3n) is 3.20. The summed E-state index contributed by atoms with van der Waals surface area (Å²) in [6.07, 6.45) is 4.46. The molecule has 3 aromatic rings. The van der Waals surface area contributed by atoms with Gasteiger partial charge in [0.15, 0.2) is 0 Å². The average Bonchev–Trinajstić information content (AvgIpc) is 2.96. The highest BCUT2D eigenvalue weighted by atomic mass is 35.5. The third kappa shape index (κ3) is 2.25. The largest absolute Gasteiger partial charge is 0.396 e. The second-order valence-corrected chi connectivity index (χ2v) is 5.17. The molecule has 20 heavy (non-hydrogen) atoms. The summed E-state index contributed by atoms with van der Waals surface area (Å²) in [5.74, 6) is 0.943. The number of fused-ring (bicyclic) bond motifs is 1. The fourth-order valence-corrected chi connectivity index (χ4v) is 2.66. The molecule has 0 aliphatic carbocycles. The first-order valence-corrected chi connectivity index (χ1v) is 6.98. The van der Waals surface area contributed by atoms with Gasteiger partial charge in [0, 0.05) is 12.7 Å². The number of aryl methyl sites for hydroxylation is 1. The van der Waals surface area contributed by atoms with Gasteiger partial charge >= 0.3 is 0 Å². The van der Waals surface area contributed by atoms with Crippen LogP contribution < -0.4 is 5.73 Å². The lowest BCUT2D eigenvalue weighted by atomic mass is 10.3. The Kier molecular flexibility index (Phi) is 3.36. The highest BCUT2D eigenvalue weighted by molar-refractivity contribution is 6.35. The zero-order chi connectivity index (χ0) is 14.1. The molecule has 0 saturated carbocycles. The van der Waals surface area contributed by atoms with E-state index in [4.69, 9.17) is 17.3 Å².